The largest absolute Gasteiger partial charge is 0.480 e. The van der Waals surface area contributed by atoms with Crippen LogP contribution in [0, 0.1) is 5.92 Å². The second-order valence-electron chi connectivity index (χ2n) is 6.19. The topological polar surface area (TPSA) is 57.6 Å². The van der Waals surface area contributed by atoms with E-state index in [0.717, 1.165) is 31.2 Å². The Hall–Kier alpha value is -2.10. The Labute approximate surface area is 130 Å². The molecule has 1 aliphatic heterocycles. The number of aliphatic carboxylic acids is 1. The van der Waals surface area contributed by atoms with Crippen LogP contribution >= 0.6 is 0 Å². The molecule has 2 fully saturated rings. The summed E-state index contributed by atoms with van der Waals surface area (Å²) >= 11 is 0. The molecule has 0 bridgehead atoms. The van der Waals surface area contributed by atoms with E-state index in [4.69, 9.17) is 0 Å². The smallest absolute Gasteiger partial charge is 0.326 e. The zero-order valence-corrected chi connectivity index (χ0v) is 12.5. The Bertz CT molecular complexity index is 581. The number of hydrogen-bond acceptors (Lipinski definition) is 2. The highest BCUT2D eigenvalue weighted by Crippen LogP contribution is 2.39. The van der Waals surface area contributed by atoms with Crippen LogP contribution in [-0.4, -0.2) is 34.0 Å². The van der Waals surface area contributed by atoms with Gasteiger partial charge in [-0.15, -0.1) is 0 Å². The number of nitrogens with zero attached hydrogens (tertiary/aromatic N) is 1. The highest BCUT2D eigenvalue weighted by molar-refractivity contribution is 5.95. The molecule has 3 unspecified atom stereocenters. The quantitative estimate of drug-likeness (QED) is 0.873. The van der Waals surface area contributed by atoms with E-state index >= 15 is 0 Å². The molecule has 1 heterocycles. The number of carboxylic acids is 1. The summed E-state index contributed by atoms with van der Waals surface area (Å²) in [4.78, 5) is 25.7. The van der Waals surface area contributed by atoms with Crippen LogP contribution in [0.15, 0.2) is 36.4 Å². The first-order valence-corrected chi connectivity index (χ1v) is 7.95. The lowest BCUT2D eigenvalue weighted by Gasteiger charge is -2.32. The van der Waals surface area contributed by atoms with Crippen LogP contribution in [0.2, 0.25) is 0 Å². The molecule has 1 aromatic rings. The summed E-state index contributed by atoms with van der Waals surface area (Å²) in [5.41, 5.74) is 0.946. The molecule has 3 rings (SSSR count). The molecule has 1 saturated heterocycles. The minimum atomic E-state index is -0.879. The van der Waals surface area contributed by atoms with E-state index in [-0.39, 0.29) is 11.9 Å². The van der Waals surface area contributed by atoms with Gasteiger partial charge in [-0.05, 0) is 36.8 Å². The third kappa shape index (κ3) is 2.91. The summed E-state index contributed by atoms with van der Waals surface area (Å²) in [6, 6.07) is 9.03. The fourth-order valence-corrected chi connectivity index (χ4v) is 3.82. The van der Waals surface area contributed by atoms with Gasteiger partial charge in [-0.1, -0.05) is 43.2 Å². The molecule has 116 valence electrons. The van der Waals surface area contributed by atoms with Crippen molar-refractivity contribution in [3.63, 3.8) is 0 Å². The van der Waals surface area contributed by atoms with Gasteiger partial charge in [-0.2, -0.15) is 0 Å². The van der Waals surface area contributed by atoms with Crippen molar-refractivity contribution in [3.05, 3.63) is 42.0 Å². The summed E-state index contributed by atoms with van der Waals surface area (Å²) in [7, 11) is 0. The number of carbonyl (C=O) groups is 2. The molecule has 1 aromatic carbocycles. The van der Waals surface area contributed by atoms with Crippen molar-refractivity contribution in [3.8, 4) is 0 Å². The number of amides is 1. The Kier molecular flexibility index (Phi) is 4.27. The Morgan fingerprint density at radius 2 is 1.86 bits per heavy atom. The van der Waals surface area contributed by atoms with Crippen LogP contribution in [0.1, 0.15) is 37.7 Å². The number of likely N-dealkylation sites (tertiary alicyclic amines) is 1. The Balaban J connectivity index is 1.79. The third-order valence-electron chi connectivity index (χ3n) is 4.85. The van der Waals surface area contributed by atoms with Crippen molar-refractivity contribution >= 4 is 18.0 Å². The normalized spacial score (nSPS) is 27.8. The number of hydrogen-bond donors (Lipinski definition) is 1. The van der Waals surface area contributed by atoms with Crippen molar-refractivity contribution in [2.24, 2.45) is 5.92 Å². The average Bonchev–Trinajstić information content (AvgIpc) is 2.93. The molecule has 3 atom stereocenters. The maximum Gasteiger partial charge on any atom is 0.326 e. The van der Waals surface area contributed by atoms with Gasteiger partial charge in [0.15, 0.2) is 0 Å². The molecule has 0 aromatic heterocycles. The van der Waals surface area contributed by atoms with E-state index < -0.39 is 12.0 Å². The monoisotopic (exact) mass is 299 g/mol. The van der Waals surface area contributed by atoms with E-state index in [1.807, 2.05) is 30.3 Å². The molecule has 0 spiro atoms. The lowest BCUT2D eigenvalue weighted by Crippen LogP contribution is -2.45. The first-order chi connectivity index (χ1) is 10.7. The lowest BCUT2D eigenvalue weighted by atomic mass is 9.85. The Morgan fingerprint density at radius 1 is 1.14 bits per heavy atom. The van der Waals surface area contributed by atoms with E-state index in [0.29, 0.717) is 12.3 Å². The van der Waals surface area contributed by atoms with Crippen LogP contribution in [0.5, 0.6) is 0 Å². The molecular formula is C18H21NO3. The van der Waals surface area contributed by atoms with Crippen molar-refractivity contribution in [1.82, 2.24) is 4.90 Å². The van der Waals surface area contributed by atoms with E-state index in [1.54, 1.807) is 11.0 Å². The zero-order valence-electron chi connectivity index (χ0n) is 12.5. The zero-order chi connectivity index (χ0) is 15.5. The number of carbonyl (C=O) groups excluding carboxylic acids is 1. The van der Waals surface area contributed by atoms with Crippen LogP contribution in [0.4, 0.5) is 0 Å². The molecule has 22 heavy (non-hydrogen) atoms. The van der Waals surface area contributed by atoms with Crippen molar-refractivity contribution in [2.45, 2.75) is 44.2 Å². The van der Waals surface area contributed by atoms with Crippen molar-refractivity contribution in [1.29, 1.82) is 0 Å². The maximum absolute atomic E-state index is 12.6. The SMILES string of the molecule is O=C(O)C1CC2CCCCC2N1C(=O)C=Cc1ccccc1. The second kappa shape index (κ2) is 6.34. The van der Waals surface area contributed by atoms with Crippen molar-refractivity contribution in [2.75, 3.05) is 0 Å². The summed E-state index contributed by atoms with van der Waals surface area (Å²) in [5.74, 6) is -0.703. The first-order valence-electron chi connectivity index (χ1n) is 7.95. The van der Waals surface area contributed by atoms with Gasteiger partial charge in [-0.25, -0.2) is 4.79 Å². The van der Waals surface area contributed by atoms with E-state index in [1.165, 1.54) is 6.08 Å². The standard InChI is InChI=1S/C18H21NO3/c20-17(11-10-13-6-2-1-3-7-13)19-15-9-5-4-8-14(15)12-16(19)18(21)22/h1-3,6-7,10-11,14-16H,4-5,8-9,12H2,(H,21,22). The third-order valence-corrected chi connectivity index (χ3v) is 4.85. The number of fused-ring (bicyclic) bond motifs is 1. The molecule has 4 heteroatoms. The van der Waals surface area contributed by atoms with Crippen molar-refractivity contribution < 1.29 is 14.7 Å². The molecule has 1 amide bonds. The van der Waals surface area contributed by atoms with Crippen LogP contribution in [0.3, 0.4) is 0 Å². The minimum absolute atomic E-state index is 0.0998. The van der Waals surface area contributed by atoms with Gasteiger partial charge in [0.25, 0.3) is 0 Å². The predicted molar refractivity (Wildman–Crippen MR) is 84.1 cm³/mol. The Morgan fingerprint density at radius 3 is 2.59 bits per heavy atom. The second-order valence-corrected chi connectivity index (χ2v) is 6.19. The van der Waals surface area contributed by atoms with E-state index in [9.17, 15) is 14.7 Å². The number of benzene rings is 1. The molecule has 4 nitrogen and oxygen atoms in total. The summed E-state index contributed by atoms with van der Waals surface area (Å²) in [6.45, 7) is 0. The highest BCUT2D eigenvalue weighted by Gasteiger charge is 2.46. The fourth-order valence-electron chi connectivity index (χ4n) is 3.82. The molecule has 0 radical (unpaired) electrons. The van der Waals surface area contributed by atoms with Crippen LogP contribution in [-0.2, 0) is 9.59 Å². The molecule has 1 saturated carbocycles. The molecule has 1 aliphatic carbocycles. The average molecular weight is 299 g/mol. The van der Waals surface area contributed by atoms with E-state index in [2.05, 4.69) is 0 Å². The molecular weight excluding hydrogens is 278 g/mol. The summed E-state index contributed by atoms with van der Waals surface area (Å²) < 4.78 is 0. The maximum atomic E-state index is 12.6. The predicted octanol–water partition coefficient (Wildman–Crippen LogP) is 2.94. The van der Waals surface area contributed by atoms with Gasteiger partial charge in [0.1, 0.15) is 6.04 Å². The highest BCUT2D eigenvalue weighted by atomic mass is 16.4. The molecule has 1 N–H and O–H groups in total. The minimum Gasteiger partial charge on any atom is -0.480 e. The van der Waals surface area contributed by atoms with Gasteiger partial charge in [0.2, 0.25) is 5.91 Å². The van der Waals surface area contributed by atoms with Gasteiger partial charge in [0, 0.05) is 12.1 Å². The van der Waals surface area contributed by atoms with Crippen LogP contribution in [0.25, 0.3) is 6.08 Å². The summed E-state index contributed by atoms with van der Waals surface area (Å²) in [5, 5.41) is 9.45. The fraction of sp³-hybridized carbons (Fsp3) is 0.444. The van der Waals surface area contributed by atoms with Gasteiger partial charge in [0.05, 0.1) is 0 Å². The lowest BCUT2D eigenvalue weighted by molar-refractivity contribution is -0.147. The number of rotatable bonds is 3. The van der Waals surface area contributed by atoms with Crippen LogP contribution < -0.4 is 0 Å². The molecule has 2 aliphatic rings. The summed E-state index contributed by atoms with van der Waals surface area (Å²) in [6.07, 6.45) is 8.08. The number of carboxylic acid groups (broad SMARTS) is 1. The van der Waals surface area contributed by atoms with Gasteiger partial charge >= 0.3 is 5.97 Å². The first kappa shape index (κ1) is 14.8. The van der Waals surface area contributed by atoms with Gasteiger partial charge < -0.3 is 10.0 Å². The van der Waals surface area contributed by atoms with Gasteiger partial charge in [-0.3, -0.25) is 4.79 Å².